The first-order chi connectivity index (χ1) is 8.19. The Morgan fingerprint density at radius 3 is 2.22 bits per heavy atom. The summed E-state index contributed by atoms with van der Waals surface area (Å²) in [6, 6.07) is 7.07. The molecule has 0 spiro atoms. The van der Waals surface area contributed by atoms with Gasteiger partial charge in [0.05, 0.1) is 0 Å². The maximum absolute atomic E-state index is 2.57. The van der Waals surface area contributed by atoms with E-state index in [1.165, 1.54) is 36.2 Å². The molecule has 1 nitrogen and oxygen atoms in total. The second kappa shape index (κ2) is 4.29. The normalized spacial score (nSPS) is 16.7. The number of anilines is 1. The smallest absolute Gasteiger partial charge is 0.0406 e. The predicted octanol–water partition coefficient (Wildman–Crippen LogP) is 4.54. The van der Waals surface area contributed by atoms with Gasteiger partial charge >= 0.3 is 0 Å². The minimum absolute atomic E-state index is 0.214. The van der Waals surface area contributed by atoms with Crippen LogP contribution in [0.1, 0.15) is 59.1 Å². The molecule has 1 heterocycles. The highest BCUT2D eigenvalue weighted by molar-refractivity contribution is 5.59. The summed E-state index contributed by atoms with van der Waals surface area (Å²) in [5.74, 6) is 0. The summed E-state index contributed by atoms with van der Waals surface area (Å²) in [6.07, 6.45) is 2.51. The van der Waals surface area contributed by atoms with Crippen molar-refractivity contribution in [2.24, 2.45) is 0 Å². The maximum atomic E-state index is 2.57. The molecule has 0 fully saturated rings. The van der Waals surface area contributed by atoms with E-state index in [0.29, 0.717) is 0 Å². The average Bonchev–Trinajstić information content (AvgIpc) is 2.25. The Morgan fingerprint density at radius 1 is 1.00 bits per heavy atom. The lowest BCUT2D eigenvalue weighted by Crippen LogP contribution is -2.44. The molecule has 1 aromatic rings. The highest BCUT2D eigenvalue weighted by atomic mass is 15.2. The van der Waals surface area contributed by atoms with E-state index in [1.54, 1.807) is 0 Å². The van der Waals surface area contributed by atoms with Crippen LogP contribution >= 0.6 is 0 Å². The number of hydrogen-bond acceptors (Lipinski definition) is 1. The van der Waals surface area contributed by atoms with Crippen LogP contribution in [0.15, 0.2) is 18.2 Å². The number of fused-ring (bicyclic) bond motifs is 1. The monoisotopic (exact) mass is 245 g/mol. The summed E-state index contributed by atoms with van der Waals surface area (Å²) >= 11 is 0. The van der Waals surface area contributed by atoms with Gasteiger partial charge in [-0.1, -0.05) is 32.9 Å². The standard InChI is InChI=1S/C17H27N/c1-16(2,3)14-10-9-13-8-7-11-18(15(13)12-14)17(4,5)6/h9-10,12H,7-8,11H2,1-6H3. The van der Waals surface area contributed by atoms with Gasteiger partial charge in [-0.2, -0.15) is 0 Å². The van der Waals surface area contributed by atoms with E-state index in [2.05, 4.69) is 64.6 Å². The number of hydrogen-bond donors (Lipinski definition) is 0. The van der Waals surface area contributed by atoms with Gasteiger partial charge in [-0.3, -0.25) is 0 Å². The van der Waals surface area contributed by atoms with Crippen molar-refractivity contribution in [3.8, 4) is 0 Å². The number of aryl methyl sites for hydroxylation is 1. The van der Waals surface area contributed by atoms with Crippen molar-refractivity contribution < 1.29 is 0 Å². The molecule has 0 amide bonds. The fourth-order valence-electron chi connectivity index (χ4n) is 2.74. The first-order valence-corrected chi connectivity index (χ1v) is 7.11. The third-order valence-corrected chi connectivity index (χ3v) is 3.88. The lowest BCUT2D eigenvalue weighted by Gasteiger charge is -2.42. The van der Waals surface area contributed by atoms with E-state index >= 15 is 0 Å². The van der Waals surface area contributed by atoms with Gasteiger partial charge < -0.3 is 4.90 Å². The molecule has 1 aliphatic heterocycles. The summed E-state index contributed by atoms with van der Waals surface area (Å²) in [4.78, 5) is 2.57. The van der Waals surface area contributed by atoms with Crippen molar-refractivity contribution in [2.75, 3.05) is 11.4 Å². The van der Waals surface area contributed by atoms with Crippen LogP contribution in [0.2, 0.25) is 0 Å². The number of nitrogens with zero attached hydrogens (tertiary/aromatic N) is 1. The van der Waals surface area contributed by atoms with Crippen molar-refractivity contribution in [3.63, 3.8) is 0 Å². The highest BCUT2D eigenvalue weighted by Gasteiger charge is 2.27. The summed E-state index contributed by atoms with van der Waals surface area (Å²) in [5, 5.41) is 0. The van der Waals surface area contributed by atoms with E-state index in [4.69, 9.17) is 0 Å². The predicted molar refractivity (Wildman–Crippen MR) is 80.6 cm³/mol. The molecule has 1 aromatic carbocycles. The van der Waals surface area contributed by atoms with Crippen molar-refractivity contribution >= 4 is 5.69 Å². The van der Waals surface area contributed by atoms with E-state index in [1.807, 2.05) is 0 Å². The van der Waals surface area contributed by atoms with Gasteiger partial charge in [-0.15, -0.1) is 0 Å². The van der Waals surface area contributed by atoms with Crippen molar-refractivity contribution in [3.05, 3.63) is 29.3 Å². The van der Waals surface area contributed by atoms with Gasteiger partial charge in [-0.05, 0) is 56.2 Å². The summed E-state index contributed by atoms with van der Waals surface area (Å²) < 4.78 is 0. The summed E-state index contributed by atoms with van der Waals surface area (Å²) in [7, 11) is 0. The van der Waals surface area contributed by atoms with Crippen LogP contribution in [0.5, 0.6) is 0 Å². The van der Waals surface area contributed by atoms with Crippen LogP contribution in [0.3, 0.4) is 0 Å². The largest absolute Gasteiger partial charge is 0.366 e. The molecule has 0 saturated carbocycles. The van der Waals surface area contributed by atoms with Crippen LogP contribution in [-0.4, -0.2) is 12.1 Å². The Bertz CT molecular complexity index is 432. The molecule has 0 N–H and O–H groups in total. The fraction of sp³-hybridized carbons (Fsp3) is 0.647. The van der Waals surface area contributed by atoms with Crippen LogP contribution in [0.4, 0.5) is 5.69 Å². The first kappa shape index (κ1) is 13.5. The fourth-order valence-corrected chi connectivity index (χ4v) is 2.74. The molecule has 18 heavy (non-hydrogen) atoms. The summed E-state index contributed by atoms with van der Waals surface area (Å²) in [5.41, 5.74) is 4.87. The molecule has 0 unspecified atom stereocenters. The van der Waals surface area contributed by atoms with Crippen molar-refractivity contribution in [2.45, 2.75) is 65.3 Å². The molecule has 100 valence electrons. The van der Waals surface area contributed by atoms with Gasteiger partial charge in [0.15, 0.2) is 0 Å². The van der Waals surface area contributed by atoms with Crippen molar-refractivity contribution in [1.82, 2.24) is 0 Å². The molecule has 1 heteroatoms. The minimum Gasteiger partial charge on any atom is -0.366 e. The third-order valence-electron chi connectivity index (χ3n) is 3.88. The Balaban J connectivity index is 2.48. The lowest BCUT2D eigenvalue weighted by atomic mass is 9.84. The van der Waals surface area contributed by atoms with Gasteiger partial charge in [0.1, 0.15) is 0 Å². The molecule has 0 radical (unpaired) electrons. The molecule has 0 aliphatic carbocycles. The van der Waals surface area contributed by atoms with Gasteiger partial charge in [0, 0.05) is 17.8 Å². The molecular formula is C17H27N. The molecule has 0 aromatic heterocycles. The Kier molecular flexibility index (Phi) is 3.21. The second-order valence-corrected chi connectivity index (χ2v) is 7.52. The first-order valence-electron chi connectivity index (χ1n) is 7.11. The quantitative estimate of drug-likeness (QED) is 0.649. The van der Waals surface area contributed by atoms with E-state index < -0.39 is 0 Å². The Morgan fingerprint density at radius 2 is 1.67 bits per heavy atom. The van der Waals surface area contributed by atoms with E-state index in [-0.39, 0.29) is 11.0 Å². The van der Waals surface area contributed by atoms with E-state index in [9.17, 15) is 0 Å². The maximum Gasteiger partial charge on any atom is 0.0406 e. The van der Waals surface area contributed by atoms with Crippen molar-refractivity contribution in [1.29, 1.82) is 0 Å². The zero-order valence-corrected chi connectivity index (χ0v) is 12.8. The average molecular weight is 245 g/mol. The minimum atomic E-state index is 0.214. The Labute approximate surface area is 112 Å². The van der Waals surface area contributed by atoms with Crippen LogP contribution in [0, 0.1) is 0 Å². The third kappa shape index (κ3) is 2.55. The van der Waals surface area contributed by atoms with Gasteiger partial charge in [-0.25, -0.2) is 0 Å². The topological polar surface area (TPSA) is 3.24 Å². The van der Waals surface area contributed by atoms with Gasteiger partial charge in [0.2, 0.25) is 0 Å². The molecule has 0 saturated heterocycles. The van der Waals surface area contributed by atoms with Gasteiger partial charge in [0.25, 0.3) is 0 Å². The zero-order chi connectivity index (χ0) is 13.6. The molecule has 2 rings (SSSR count). The Hall–Kier alpha value is -0.980. The lowest BCUT2D eigenvalue weighted by molar-refractivity contribution is 0.482. The second-order valence-electron chi connectivity index (χ2n) is 7.52. The SMILES string of the molecule is CC(C)(C)c1ccc2c(c1)N(C(C)(C)C)CCC2. The van der Waals surface area contributed by atoms with Crippen LogP contribution in [-0.2, 0) is 11.8 Å². The highest BCUT2D eigenvalue weighted by Crippen LogP contribution is 2.36. The van der Waals surface area contributed by atoms with Crippen LogP contribution < -0.4 is 4.90 Å². The molecular weight excluding hydrogens is 218 g/mol. The molecule has 1 aliphatic rings. The number of rotatable bonds is 0. The number of benzene rings is 1. The summed E-state index contributed by atoms with van der Waals surface area (Å²) in [6.45, 7) is 15.0. The molecule has 0 bridgehead atoms. The van der Waals surface area contributed by atoms with E-state index in [0.717, 1.165) is 0 Å². The zero-order valence-electron chi connectivity index (χ0n) is 12.8. The van der Waals surface area contributed by atoms with Crippen LogP contribution in [0.25, 0.3) is 0 Å². The molecule has 0 atom stereocenters.